The lowest BCUT2D eigenvalue weighted by Gasteiger charge is -2.25. The van der Waals surface area contributed by atoms with Gasteiger partial charge in [0.15, 0.2) is 0 Å². The van der Waals surface area contributed by atoms with Gasteiger partial charge >= 0.3 is 11.9 Å². The molecule has 1 fully saturated rings. The third-order valence-corrected chi connectivity index (χ3v) is 7.26. The van der Waals surface area contributed by atoms with Gasteiger partial charge in [-0.25, -0.2) is 4.79 Å². The molecule has 1 aliphatic rings. The maximum Gasteiger partial charge on any atom is 0.326 e. The molecule has 39 heavy (non-hydrogen) atoms. The Morgan fingerprint density at radius 3 is 2.33 bits per heavy atom. The molecule has 2 aromatic rings. The lowest BCUT2D eigenvalue weighted by atomic mass is 10.0. The summed E-state index contributed by atoms with van der Waals surface area (Å²) in [7, 11) is 0. The van der Waals surface area contributed by atoms with Crippen LogP contribution < -0.4 is 21.3 Å². The Bertz CT molecular complexity index is 1180. The van der Waals surface area contributed by atoms with Crippen molar-refractivity contribution in [3.05, 3.63) is 36.0 Å². The molecule has 1 aromatic carbocycles. The topological polar surface area (TPSA) is 190 Å². The van der Waals surface area contributed by atoms with E-state index in [1.165, 1.54) is 11.8 Å². The van der Waals surface area contributed by atoms with E-state index in [4.69, 9.17) is 0 Å². The first-order chi connectivity index (χ1) is 18.7. The first-order valence-corrected chi connectivity index (χ1v) is 14.2. The number of aliphatic carboxylic acids is 2. The number of rotatable bonds is 15. The molecule has 1 saturated heterocycles. The van der Waals surface area contributed by atoms with Crippen molar-refractivity contribution in [1.82, 2.24) is 26.3 Å². The summed E-state index contributed by atoms with van der Waals surface area (Å²) in [4.78, 5) is 65.3. The molecule has 0 aliphatic carbocycles. The number of carboxylic acid groups (broad SMARTS) is 2. The number of hydrogen-bond donors (Lipinski definition) is 7. The van der Waals surface area contributed by atoms with E-state index in [0.717, 1.165) is 17.3 Å². The molecule has 1 aromatic heterocycles. The van der Waals surface area contributed by atoms with Gasteiger partial charge in [0.25, 0.3) is 0 Å². The summed E-state index contributed by atoms with van der Waals surface area (Å²) in [5.74, 6) is -3.64. The van der Waals surface area contributed by atoms with Crippen LogP contribution in [-0.2, 0) is 30.4 Å². The predicted octanol–water partition coefficient (Wildman–Crippen LogP) is 0.619. The largest absolute Gasteiger partial charge is 0.481 e. The number of carbonyl (C=O) groups excluding carboxylic acids is 3. The lowest BCUT2D eigenvalue weighted by molar-refractivity contribution is -0.143. The molecule has 212 valence electrons. The van der Waals surface area contributed by atoms with Crippen LogP contribution in [-0.4, -0.2) is 87.6 Å². The minimum absolute atomic E-state index is 0.0223. The maximum absolute atomic E-state index is 13.2. The Labute approximate surface area is 230 Å². The molecule has 0 radical (unpaired) electrons. The van der Waals surface area contributed by atoms with Crippen LogP contribution in [0.2, 0.25) is 0 Å². The quantitative estimate of drug-likeness (QED) is 0.163. The molecule has 0 saturated carbocycles. The Morgan fingerprint density at radius 2 is 1.69 bits per heavy atom. The van der Waals surface area contributed by atoms with Gasteiger partial charge < -0.3 is 36.5 Å². The molecule has 4 unspecified atom stereocenters. The van der Waals surface area contributed by atoms with Crippen LogP contribution in [0.15, 0.2) is 30.5 Å². The summed E-state index contributed by atoms with van der Waals surface area (Å²) in [6.45, 7) is 0.709. The fraction of sp³-hybridized carbons (Fsp3) is 0.500. The van der Waals surface area contributed by atoms with Crippen LogP contribution >= 0.6 is 11.8 Å². The van der Waals surface area contributed by atoms with Gasteiger partial charge in [-0.05, 0) is 55.9 Å². The van der Waals surface area contributed by atoms with Crippen LogP contribution in [0.4, 0.5) is 0 Å². The van der Waals surface area contributed by atoms with E-state index in [2.05, 4.69) is 26.3 Å². The molecular weight excluding hydrogens is 526 g/mol. The van der Waals surface area contributed by atoms with Crippen LogP contribution in [0, 0.1) is 0 Å². The molecule has 13 heteroatoms. The van der Waals surface area contributed by atoms with E-state index in [1.807, 2.05) is 30.5 Å². The average Bonchev–Trinajstić information content (AvgIpc) is 3.59. The number of carbonyl (C=O) groups is 5. The SMILES string of the molecule is CSCCC(NC(=O)C1CCCN1)C(=O)NC(CCC(=O)O)C(=O)NC(Cc1c[nH]c2ccccc12)C(=O)O. The lowest BCUT2D eigenvalue weighted by Crippen LogP contribution is -2.57. The van der Waals surface area contributed by atoms with Crippen molar-refractivity contribution in [3.63, 3.8) is 0 Å². The zero-order valence-electron chi connectivity index (χ0n) is 21.7. The normalized spacial score (nSPS) is 17.2. The minimum Gasteiger partial charge on any atom is -0.481 e. The number of thioether (sulfide) groups is 1. The van der Waals surface area contributed by atoms with Crippen molar-refractivity contribution in [3.8, 4) is 0 Å². The van der Waals surface area contributed by atoms with Gasteiger partial charge in [-0.3, -0.25) is 19.2 Å². The molecule has 7 N–H and O–H groups in total. The van der Waals surface area contributed by atoms with Gasteiger partial charge in [-0.15, -0.1) is 0 Å². The summed E-state index contributed by atoms with van der Waals surface area (Å²) >= 11 is 1.49. The van der Waals surface area contributed by atoms with E-state index in [9.17, 15) is 34.2 Å². The minimum atomic E-state index is -1.32. The van der Waals surface area contributed by atoms with Gasteiger partial charge in [0.05, 0.1) is 6.04 Å². The number of aromatic amines is 1. The van der Waals surface area contributed by atoms with E-state index < -0.39 is 54.3 Å². The van der Waals surface area contributed by atoms with E-state index in [-0.39, 0.29) is 18.7 Å². The van der Waals surface area contributed by atoms with Crippen molar-refractivity contribution in [2.45, 2.75) is 62.7 Å². The number of fused-ring (bicyclic) bond motifs is 1. The zero-order valence-corrected chi connectivity index (χ0v) is 22.5. The van der Waals surface area contributed by atoms with E-state index in [0.29, 0.717) is 30.7 Å². The van der Waals surface area contributed by atoms with E-state index >= 15 is 0 Å². The fourth-order valence-corrected chi connectivity index (χ4v) is 4.96. The summed E-state index contributed by atoms with van der Waals surface area (Å²) < 4.78 is 0. The van der Waals surface area contributed by atoms with E-state index in [1.54, 1.807) is 6.20 Å². The van der Waals surface area contributed by atoms with Gasteiger partial charge in [0, 0.05) is 29.9 Å². The Kier molecular flexibility index (Phi) is 11.2. The summed E-state index contributed by atoms with van der Waals surface area (Å²) in [6.07, 6.45) is 4.64. The van der Waals surface area contributed by atoms with Crippen molar-refractivity contribution < 1.29 is 34.2 Å². The Hall–Kier alpha value is -3.58. The molecule has 0 bridgehead atoms. The number of amides is 3. The van der Waals surface area contributed by atoms with Crippen LogP contribution in [0.3, 0.4) is 0 Å². The van der Waals surface area contributed by atoms with Gasteiger partial charge in [-0.1, -0.05) is 18.2 Å². The molecule has 0 spiro atoms. The zero-order chi connectivity index (χ0) is 28.4. The second kappa shape index (κ2) is 14.5. The molecular formula is C26H35N5O7S. The van der Waals surface area contributed by atoms with Crippen LogP contribution in [0.5, 0.6) is 0 Å². The molecule has 1 aliphatic heterocycles. The second-order valence-electron chi connectivity index (χ2n) is 9.45. The maximum atomic E-state index is 13.2. The Morgan fingerprint density at radius 1 is 1.00 bits per heavy atom. The molecule has 2 heterocycles. The molecule has 12 nitrogen and oxygen atoms in total. The highest BCUT2D eigenvalue weighted by atomic mass is 32.2. The van der Waals surface area contributed by atoms with Gasteiger partial charge in [0.1, 0.15) is 18.1 Å². The van der Waals surface area contributed by atoms with Crippen molar-refractivity contribution in [2.24, 2.45) is 0 Å². The Balaban J connectivity index is 1.72. The number of nitrogens with one attached hydrogen (secondary N) is 5. The predicted molar refractivity (Wildman–Crippen MR) is 146 cm³/mol. The van der Waals surface area contributed by atoms with Crippen molar-refractivity contribution >= 4 is 52.3 Å². The standard InChI is InChI=1S/C26H35N5O7S/c1-39-12-10-20(30-23(34)18-7-4-11-27-18)25(36)29-19(8-9-22(32)33)24(35)31-21(26(37)38)13-15-14-28-17-6-3-2-5-16(15)17/h2-3,5-6,14,18-21,27-28H,4,7-13H2,1H3,(H,29,36)(H,30,34)(H,31,35)(H,32,33)(H,37,38). The number of benzene rings is 1. The summed E-state index contributed by atoms with van der Waals surface area (Å²) in [6, 6.07) is 3.38. The highest BCUT2D eigenvalue weighted by Gasteiger charge is 2.32. The number of aromatic nitrogens is 1. The number of H-pyrrole nitrogens is 1. The van der Waals surface area contributed by atoms with Gasteiger partial charge in [0.2, 0.25) is 17.7 Å². The summed E-state index contributed by atoms with van der Waals surface area (Å²) in [5.41, 5.74) is 1.51. The smallest absolute Gasteiger partial charge is 0.326 e. The number of carboxylic acids is 2. The van der Waals surface area contributed by atoms with Crippen LogP contribution in [0.25, 0.3) is 10.9 Å². The second-order valence-corrected chi connectivity index (χ2v) is 10.4. The van der Waals surface area contributed by atoms with Crippen molar-refractivity contribution in [1.29, 1.82) is 0 Å². The molecule has 4 atom stereocenters. The molecule has 3 rings (SSSR count). The highest BCUT2D eigenvalue weighted by molar-refractivity contribution is 7.98. The molecule has 3 amide bonds. The van der Waals surface area contributed by atoms with Crippen LogP contribution in [0.1, 0.15) is 37.7 Å². The third kappa shape index (κ3) is 8.72. The third-order valence-electron chi connectivity index (χ3n) is 6.61. The summed E-state index contributed by atoms with van der Waals surface area (Å²) in [5, 5.41) is 30.6. The van der Waals surface area contributed by atoms with Gasteiger partial charge in [-0.2, -0.15) is 11.8 Å². The number of hydrogen-bond acceptors (Lipinski definition) is 7. The fourth-order valence-electron chi connectivity index (χ4n) is 4.49. The monoisotopic (exact) mass is 561 g/mol. The average molecular weight is 562 g/mol. The highest BCUT2D eigenvalue weighted by Crippen LogP contribution is 2.19. The first kappa shape index (κ1) is 30.0. The first-order valence-electron chi connectivity index (χ1n) is 12.8. The number of para-hydroxylation sites is 1. The van der Waals surface area contributed by atoms with Crippen molar-refractivity contribution in [2.75, 3.05) is 18.6 Å².